The molecule has 32 heavy (non-hydrogen) atoms. The Labute approximate surface area is 183 Å². The van der Waals surface area contributed by atoms with Gasteiger partial charge in [0.1, 0.15) is 5.54 Å². The molecule has 170 valence electrons. The van der Waals surface area contributed by atoms with Gasteiger partial charge in [0, 0.05) is 11.1 Å². The quantitative estimate of drug-likeness (QED) is 0.650. The number of hydrogen-bond donors (Lipinski definition) is 2. The Morgan fingerprint density at radius 3 is 2.22 bits per heavy atom. The van der Waals surface area contributed by atoms with Crippen molar-refractivity contribution in [3.8, 4) is 0 Å². The van der Waals surface area contributed by atoms with Gasteiger partial charge in [-0.15, -0.1) is 0 Å². The Hall–Kier alpha value is -3.36. The third kappa shape index (κ3) is 4.76. The molecule has 3 rings (SSSR count). The zero-order valence-electron chi connectivity index (χ0n) is 18.1. The van der Waals surface area contributed by atoms with Crippen LogP contribution in [0.1, 0.15) is 38.8 Å². The third-order valence-electron chi connectivity index (χ3n) is 5.26. The van der Waals surface area contributed by atoms with Crippen LogP contribution in [0.5, 0.6) is 0 Å². The SMILES string of the molecule is CC(C)(Cc1ccc(C(F)(F)F)cc1)C(=O)Nc1cccc(N2C(=O)NC(C)(C)C2=O)c1. The predicted octanol–water partition coefficient (Wildman–Crippen LogP) is 4.75. The highest BCUT2D eigenvalue weighted by Crippen LogP contribution is 2.31. The molecule has 0 atom stereocenters. The number of imide groups is 1. The van der Waals surface area contributed by atoms with Crippen LogP contribution in [0.2, 0.25) is 0 Å². The van der Waals surface area contributed by atoms with Crippen LogP contribution in [0.25, 0.3) is 0 Å². The number of rotatable bonds is 5. The van der Waals surface area contributed by atoms with Crippen molar-refractivity contribution >= 4 is 29.2 Å². The zero-order valence-corrected chi connectivity index (χ0v) is 18.1. The van der Waals surface area contributed by atoms with Crippen molar-refractivity contribution in [1.82, 2.24) is 5.32 Å². The summed E-state index contributed by atoms with van der Waals surface area (Å²) < 4.78 is 38.2. The molecular weight excluding hydrogens is 423 g/mol. The average molecular weight is 447 g/mol. The maximum atomic E-state index is 12.9. The Morgan fingerprint density at radius 1 is 1.06 bits per heavy atom. The number of alkyl halides is 3. The molecule has 0 aliphatic carbocycles. The highest BCUT2D eigenvalue weighted by Gasteiger charge is 2.45. The molecule has 0 saturated carbocycles. The lowest BCUT2D eigenvalue weighted by molar-refractivity contribution is -0.137. The van der Waals surface area contributed by atoms with Gasteiger partial charge >= 0.3 is 12.2 Å². The first-order valence-corrected chi connectivity index (χ1v) is 9.95. The highest BCUT2D eigenvalue weighted by atomic mass is 19.4. The molecule has 0 radical (unpaired) electrons. The molecule has 1 fully saturated rings. The summed E-state index contributed by atoms with van der Waals surface area (Å²) in [4.78, 5) is 38.6. The number of anilines is 2. The molecular formula is C23H24F3N3O3. The number of urea groups is 1. The summed E-state index contributed by atoms with van der Waals surface area (Å²) in [5.41, 5.74) is -1.41. The van der Waals surface area contributed by atoms with Crippen molar-refractivity contribution in [2.24, 2.45) is 5.41 Å². The van der Waals surface area contributed by atoms with Crippen LogP contribution in [0.15, 0.2) is 48.5 Å². The van der Waals surface area contributed by atoms with Crippen LogP contribution < -0.4 is 15.5 Å². The first-order chi connectivity index (χ1) is 14.7. The van der Waals surface area contributed by atoms with Crippen LogP contribution in [0.3, 0.4) is 0 Å². The Balaban J connectivity index is 1.73. The lowest BCUT2D eigenvalue weighted by Crippen LogP contribution is -2.40. The average Bonchev–Trinajstić information content (AvgIpc) is 2.88. The van der Waals surface area contributed by atoms with Gasteiger partial charge < -0.3 is 10.6 Å². The van der Waals surface area contributed by atoms with E-state index in [1.807, 2.05) is 0 Å². The van der Waals surface area contributed by atoms with E-state index in [9.17, 15) is 27.6 Å². The number of halogens is 3. The molecule has 1 heterocycles. The number of carbonyl (C=O) groups is 3. The van der Waals surface area contributed by atoms with Crippen molar-refractivity contribution in [3.63, 3.8) is 0 Å². The number of hydrogen-bond acceptors (Lipinski definition) is 3. The summed E-state index contributed by atoms with van der Waals surface area (Å²) in [5, 5.41) is 5.36. The van der Waals surface area contributed by atoms with Gasteiger partial charge in [-0.1, -0.05) is 32.0 Å². The Bertz CT molecular complexity index is 1060. The summed E-state index contributed by atoms with van der Waals surface area (Å²) >= 11 is 0. The first kappa shape index (κ1) is 23.3. The van der Waals surface area contributed by atoms with Crippen molar-refractivity contribution in [1.29, 1.82) is 0 Å². The molecule has 0 aromatic heterocycles. The minimum absolute atomic E-state index is 0.220. The van der Waals surface area contributed by atoms with E-state index < -0.39 is 34.6 Å². The molecule has 2 aromatic carbocycles. The maximum absolute atomic E-state index is 12.9. The number of nitrogens with one attached hydrogen (secondary N) is 2. The minimum atomic E-state index is -4.42. The molecule has 2 N–H and O–H groups in total. The van der Waals surface area contributed by atoms with Crippen LogP contribution in [-0.4, -0.2) is 23.4 Å². The van der Waals surface area contributed by atoms with Crippen molar-refractivity contribution in [2.75, 3.05) is 10.2 Å². The highest BCUT2D eigenvalue weighted by molar-refractivity contribution is 6.23. The fraction of sp³-hybridized carbons (Fsp3) is 0.348. The lowest BCUT2D eigenvalue weighted by Gasteiger charge is -2.24. The molecule has 0 spiro atoms. The summed E-state index contributed by atoms with van der Waals surface area (Å²) in [6.07, 6.45) is -4.20. The molecule has 0 bridgehead atoms. The van der Waals surface area contributed by atoms with E-state index in [2.05, 4.69) is 10.6 Å². The summed E-state index contributed by atoms with van der Waals surface area (Å²) in [7, 11) is 0. The van der Waals surface area contributed by atoms with Crippen LogP contribution >= 0.6 is 0 Å². The van der Waals surface area contributed by atoms with Gasteiger partial charge in [0.05, 0.1) is 11.3 Å². The zero-order chi connectivity index (χ0) is 23.9. The molecule has 6 nitrogen and oxygen atoms in total. The normalized spacial score (nSPS) is 16.2. The molecule has 0 unspecified atom stereocenters. The summed E-state index contributed by atoms with van der Waals surface area (Å²) in [6, 6.07) is 10.5. The van der Waals surface area contributed by atoms with Crippen molar-refractivity contribution in [3.05, 3.63) is 59.7 Å². The van der Waals surface area contributed by atoms with E-state index in [0.29, 0.717) is 16.9 Å². The topological polar surface area (TPSA) is 78.5 Å². The lowest BCUT2D eigenvalue weighted by atomic mass is 9.84. The largest absolute Gasteiger partial charge is 0.416 e. The standard InChI is InChI=1S/C23H24F3N3O3/c1-21(2,13-14-8-10-15(11-9-14)23(24,25)26)18(30)27-16-6-5-7-17(12-16)29-19(31)22(3,4)28-20(29)32/h5-12H,13H2,1-4H3,(H,27,30)(H,28,32). The molecule has 4 amide bonds. The number of amides is 4. The van der Waals surface area contributed by atoms with Gasteiger partial charge in [-0.05, 0) is 56.2 Å². The number of nitrogens with zero attached hydrogens (tertiary/aromatic N) is 1. The van der Waals surface area contributed by atoms with E-state index in [-0.39, 0.29) is 12.3 Å². The van der Waals surface area contributed by atoms with Gasteiger partial charge in [0.25, 0.3) is 5.91 Å². The molecule has 9 heteroatoms. The summed E-state index contributed by atoms with van der Waals surface area (Å²) in [5.74, 6) is -0.763. The molecule has 1 aliphatic heterocycles. The second-order valence-corrected chi connectivity index (χ2v) is 8.96. The predicted molar refractivity (Wildman–Crippen MR) is 114 cm³/mol. The van der Waals surface area contributed by atoms with Gasteiger partial charge in [0.15, 0.2) is 0 Å². The Kier molecular flexibility index (Phi) is 5.80. The molecule has 2 aromatic rings. The van der Waals surface area contributed by atoms with Crippen LogP contribution in [0, 0.1) is 5.41 Å². The van der Waals surface area contributed by atoms with E-state index in [4.69, 9.17) is 0 Å². The van der Waals surface area contributed by atoms with Crippen LogP contribution in [-0.2, 0) is 22.2 Å². The fourth-order valence-electron chi connectivity index (χ4n) is 3.41. The maximum Gasteiger partial charge on any atom is 0.416 e. The van der Waals surface area contributed by atoms with E-state index in [1.165, 1.54) is 18.2 Å². The number of carbonyl (C=O) groups excluding carboxylic acids is 3. The Morgan fingerprint density at radius 2 is 1.69 bits per heavy atom. The molecule has 1 aliphatic rings. The van der Waals surface area contributed by atoms with Gasteiger partial charge in [0.2, 0.25) is 5.91 Å². The van der Waals surface area contributed by atoms with Crippen molar-refractivity contribution < 1.29 is 27.6 Å². The smallest absolute Gasteiger partial charge is 0.326 e. The number of benzene rings is 2. The second kappa shape index (κ2) is 7.96. The van der Waals surface area contributed by atoms with E-state index in [0.717, 1.165) is 17.0 Å². The fourth-order valence-corrected chi connectivity index (χ4v) is 3.41. The third-order valence-corrected chi connectivity index (χ3v) is 5.26. The van der Waals surface area contributed by atoms with Gasteiger partial charge in [-0.25, -0.2) is 9.69 Å². The van der Waals surface area contributed by atoms with Crippen LogP contribution in [0.4, 0.5) is 29.3 Å². The van der Waals surface area contributed by atoms with Gasteiger partial charge in [-0.2, -0.15) is 13.2 Å². The van der Waals surface area contributed by atoms with E-state index >= 15 is 0 Å². The van der Waals surface area contributed by atoms with Crippen molar-refractivity contribution in [2.45, 2.75) is 45.8 Å². The van der Waals surface area contributed by atoms with E-state index in [1.54, 1.807) is 45.9 Å². The first-order valence-electron chi connectivity index (χ1n) is 9.95. The monoisotopic (exact) mass is 447 g/mol. The molecule has 1 saturated heterocycles. The summed E-state index contributed by atoms with van der Waals surface area (Å²) in [6.45, 7) is 6.57. The van der Waals surface area contributed by atoms with Gasteiger partial charge in [-0.3, -0.25) is 9.59 Å². The minimum Gasteiger partial charge on any atom is -0.326 e. The second-order valence-electron chi connectivity index (χ2n) is 8.96.